The quantitative estimate of drug-likeness (QED) is 0.772. The Kier molecular flexibility index (Phi) is 4.23. The van der Waals surface area contributed by atoms with Crippen LogP contribution in [0.3, 0.4) is 0 Å². The predicted molar refractivity (Wildman–Crippen MR) is 70.5 cm³/mol. The number of amides is 1. The van der Waals surface area contributed by atoms with Crippen LogP contribution in [0.5, 0.6) is 0 Å². The Bertz CT molecular complexity index is 449. The molecule has 1 atom stereocenters. The molecule has 0 aromatic heterocycles. The number of halogens is 2. The number of carbonyl (C=O) groups excluding carboxylic acids is 1. The lowest BCUT2D eigenvalue weighted by atomic mass is 10.1. The van der Waals surface area contributed by atoms with Crippen molar-refractivity contribution in [1.29, 1.82) is 0 Å². The monoisotopic (exact) mass is 269 g/mol. The third-order valence-electron chi connectivity index (χ3n) is 3.50. The van der Waals surface area contributed by atoms with Gasteiger partial charge in [0.1, 0.15) is 5.82 Å². The van der Waals surface area contributed by atoms with Gasteiger partial charge in [-0.05, 0) is 49.4 Å². The van der Waals surface area contributed by atoms with Gasteiger partial charge in [0.25, 0.3) is 5.91 Å². The van der Waals surface area contributed by atoms with Gasteiger partial charge in [-0.25, -0.2) is 4.39 Å². The van der Waals surface area contributed by atoms with E-state index in [0.717, 1.165) is 25.9 Å². The van der Waals surface area contributed by atoms with Crippen LogP contribution in [0.2, 0.25) is 0 Å². The first kappa shape index (κ1) is 13.3. The highest BCUT2D eigenvalue weighted by atomic mass is 35.5. The summed E-state index contributed by atoms with van der Waals surface area (Å²) >= 11 is 5.72. The van der Waals surface area contributed by atoms with E-state index >= 15 is 0 Å². The Morgan fingerprint density at radius 1 is 1.56 bits per heavy atom. The van der Waals surface area contributed by atoms with E-state index in [1.165, 1.54) is 6.07 Å². The predicted octanol–water partition coefficient (Wildman–Crippen LogP) is 3.23. The summed E-state index contributed by atoms with van der Waals surface area (Å²) in [5, 5.41) is 0. The summed E-state index contributed by atoms with van der Waals surface area (Å²) in [4.78, 5) is 14.1. The molecule has 1 aromatic carbocycles. The molecule has 2 nitrogen and oxygen atoms in total. The zero-order chi connectivity index (χ0) is 13.1. The Labute approximate surface area is 112 Å². The molecule has 0 aliphatic carbocycles. The second-order valence-corrected chi connectivity index (χ2v) is 5.23. The third-order valence-corrected chi connectivity index (χ3v) is 3.71. The minimum Gasteiger partial charge on any atom is -0.338 e. The van der Waals surface area contributed by atoms with Gasteiger partial charge < -0.3 is 4.90 Å². The SMILES string of the molecule is Cc1cc(C(=O)N2CCC(CCCl)C2)ccc1F. The zero-order valence-electron chi connectivity index (χ0n) is 10.5. The van der Waals surface area contributed by atoms with E-state index < -0.39 is 0 Å². The third kappa shape index (κ3) is 2.83. The van der Waals surface area contributed by atoms with Crippen molar-refractivity contribution >= 4 is 17.5 Å². The van der Waals surface area contributed by atoms with E-state index in [-0.39, 0.29) is 11.7 Å². The molecule has 98 valence electrons. The van der Waals surface area contributed by atoms with Gasteiger partial charge in [0.2, 0.25) is 0 Å². The minimum atomic E-state index is -0.270. The molecule has 1 fully saturated rings. The average molecular weight is 270 g/mol. The fourth-order valence-corrected chi connectivity index (χ4v) is 2.68. The molecule has 0 saturated carbocycles. The molecule has 18 heavy (non-hydrogen) atoms. The molecule has 2 rings (SSSR count). The van der Waals surface area contributed by atoms with Crippen LogP contribution in [-0.2, 0) is 0 Å². The number of alkyl halides is 1. The lowest BCUT2D eigenvalue weighted by molar-refractivity contribution is 0.0787. The zero-order valence-corrected chi connectivity index (χ0v) is 11.2. The lowest BCUT2D eigenvalue weighted by Crippen LogP contribution is -2.28. The van der Waals surface area contributed by atoms with Crippen molar-refractivity contribution in [2.75, 3.05) is 19.0 Å². The highest BCUT2D eigenvalue weighted by molar-refractivity contribution is 6.17. The number of hydrogen-bond donors (Lipinski definition) is 0. The van der Waals surface area contributed by atoms with Crippen molar-refractivity contribution in [3.8, 4) is 0 Å². The Balaban J connectivity index is 2.05. The van der Waals surface area contributed by atoms with Gasteiger partial charge in [0.05, 0.1) is 0 Å². The van der Waals surface area contributed by atoms with E-state index in [0.29, 0.717) is 22.9 Å². The van der Waals surface area contributed by atoms with Crippen molar-refractivity contribution in [1.82, 2.24) is 4.90 Å². The molecule has 1 aliphatic rings. The molecular formula is C14H17ClFNO. The van der Waals surface area contributed by atoms with Gasteiger partial charge in [0.15, 0.2) is 0 Å². The van der Waals surface area contributed by atoms with Crippen LogP contribution in [0, 0.1) is 18.7 Å². The van der Waals surface area contributed by atoms with E-state index in [4.69, 9.17) is 11.6 Å². The Morgan fingerprint density at radius 3 is 3.00 bits per heavy atom. The van der Waals surface area contributed by atoms with Crippen LogP contribution in [-0.4, -0.2) is 29.8 Å². The van der Waals surface area contributed by atoms with Crippen LogP contribution >= 0.6 is 11.6 Å². The maximum absolute atomic E-state index is 13.2. The number of likely N-dealkylation sites (tertiary alicyclic amines) is 1. The fourth-order valence-electron chi connectivity index (χ4n) is 2.37. The van der Waals surface area contributed by atoms with Gasteiger partial charge in [-0.3, -0.25) is 4.79 Å². The van der Waals surface area contributed by atoms with Gasteiger partial charge in [-0.2, -0.15) is 0 Å². The number of benzene rings is 1. The van der Waals surface area contributed by atoms with Crippen molar-refractivity contribution in [2.24, 2.45) is 5.92 Å². The molecule has 4 heteroatoms. The van der Waals surface area contributed by atoms with Gasteiger partial charge >= 0.3 is 0 Å². The number of nitrogens with zero attached hydrogens (tertiary/aromatic N) is 1. The smallest absolute Gasteiger partial charge is 0.253 e. The topological polar surface area (TPSA) is 20.3 Å². The van der Waals surface area contributed by atoms with E-state index in [1.54, 1.807) is 19.1 Å². The molecule has 1 aromatic rings. The molecular weight excluding hydrogens is 253 g/mol. The highest BCUT2D eigenvalue weighted by Gasteiger charge is 2.26. The van der Waals surface area contributed by atoms with Gasteiger partial charge in [-0.15, -0.1) is 11.6 Å². The first-order valence-electron chi connectivity index (χ1n) is 6.23. The molecule has 1 heterocycles. The summed E-state index contributed by atoms with van der Waals surface area (Å²) in [5.74, 6) is 0.874. The maximum Gasteiger partial charge on any atom is 0.253 e. The summed E-state index contributed by atoms with van der Waals surface area (Å²) in [7, 11) is 0. The lowest BCUT2D eigenvalue weighted by Gasteiger charge is -2.16. The second kappa shape index (κ2) is 5.70. The summed E-state index contributed by atoms with van der Waals surface area (Å²) < 4.78 is 13.2. The van der Waals surface area contributed by atoms with E-state index in [9.17, 15) is 9.18 Å². The van der Waals surface area contributed by atoms with Crippen LogP contribution in [0.1, 0.15) is 28.8 Å². The number of aryl methyl sites for hydroxylation is 1. The van der Waals surface area contributed by atoms with Crippen molar-refractivity contribution in [3.63, 3.8) is 0 Å². The highest BCUT2D eigenvalue weighted by Crippen LogP contribution is 2.22. The molecule has 1 amide bonds. The summed E-state index contributed by atoms with van der Waals surface area (Å²) in [5.41, 5.74) is 1.08. The van der Waals surface area contributed by atoms with Crippen LogP contribution in [0.15, 0.2) is 18.2 Å². The largest absolute Gasteiger partial charge is 0.338 e. The maximum atomic E-state index is 13.2. The van der Waals surface area contributed by atoms with Gasteiger partial charge in [0, 0.05) is 24.5 Å². The number of rotatable bonds is 3. The molecule has 1 aliphatic heterocycles. The fraction of sp³-hybridized carbons (Fsp3) is 0.500. The molecule has 0 bridgehead atoms. The molecule has 0 radical (unpaired) electrons. The molecule has 0 spiro atoms. The average Bonchev–Trinajstić information content (AvgIpc) is 2.81. The number of carbonyl (C=O) groups is 1. The van der Waals surface area contributed by atoms with Crippen LogP contribution in [0.4, 0.5) is 4.39 Å². The number of hydrogen-bond acceptors (Lipinski definition) is 1. The summed E-state index contributed by atoms with van der Waals surface area (Å²) in [6.45, 7) is 3.21. The van der Waals surface area contributed by atoms with Crippen molar-refractivity contribution < 1.29 is 9.18 Å². The van der Waals surface area contributed by atoms with Crippen LogP contribution < -0.4 is 0 Å². The first-order valence-corrected chi connectivity index (χ1v) is 6.76. The Hall–Kier alpha value is -1.09. The minimum absolute atomic E-state index is 0.00447. The Morgan fingerprint density at radius 2 is 2.33 bits per heavy atom. The normalized spacial score (nSPS) is 19.3. The first-order chi connectivity index (χ1) is 8.61. The second-order valence-electron chi connectivity index (χ2n) is 4.85. The molecule has 1 saturated heterocycles. The molecule has 1 unspecified atom stereocenters. The van der Waals surface area contributed by atoms with E-state index in [2.05, 4.69) is 0 Å². The molecule has 0 N–H and O–H groups in total. The van der Waals surface area contributed by atoms with Crippen LogP contribution in [0.25, 0.3) is 0 Å². The standard InChI is InChI=1S/C14H17ClFNO/c1-10-8-12(2-3-13(10)16)14(18)17-7-5-11(9-17)4-6-15/h2-3,8,11H,4-7,9H2,1H3. The summed E-state index contributed by atoms with van der Waals surface area (Å²) in [6.07, 6.45) is 1.96. The summed E-state index contributed by atoms with van der Waals surface area (Å²) in [6, 6.07) is 4.53. The van der Waals surface area contributed by atoms with E-state index in [1.807, 2.05) is 4.90 Å². The van der Waals surface area contributed by atoms with Crippen molar-refractivity contribution in [3.05, 3.63) is 35.1 Å². The van der Waals surface area contributed by atoms with Gasteiger partial charge in [-0.1, -0.05) is 0 Å². The van der Waals surface area contributed by atoms with Crippen molar-refractivity contribution in [2.45, 2.75) is 19.8 Å².